The fourth-order valence-corrected chi connectivity index (χ4v) is 0.930. The number of hydrogen-bond donors (Lipinski definition) is 1. The van der Waals surface area contributed by atoms with Crippen LogP contribution in [0, 0.1) is 4.91 Å². The fraction of sp³-hybridized carbons (Fsp3) is 0.500. The highest BCUT2D eigenvalue weighted by Gasteiger charge is 2.22. The van der Waals surface area contributed by atoms with Gasteiger partial charge in [-0.2, -0.15) is 0 Å². The maximum atomic E-state index is 10.2. The molecule has 0 aromatic carbocycles. The molecule has 0 fully saturated rings. The van der Waals surface area contributed by atoms with Crippen molar-refractivity contribution in [2.45, 2.75) is 0 Å². The van der Waals surface area contributed by atoms with Gasteiger partial charge in [-0.25, -0.2) is 9.64 Å². The molecule has 7 heteroatoms. The number of nitroso groups, excluding NO2 is 1. The molecule has 0 radical (unpaired) electrons. The van der Waals surface area contributed by atoms with Gasteiger partial charge < -0.3 is 5.32 Å². The molecule has 0 spiro atoms. The van der Waals surface area contributed by atoms with Gasteiger partial charge in [0.1, 0.15) is 0 Å². The molecule has 0 unspecified atom stereocenters. The summed E-state index contributed by atoms with van der Waals surface area (Å²) in [5, 5.41) is 13.8. The number of anilines is 2. The Morgan fingerprint density at radius 1 is 1.64 bits per heavy atom. The van der Waals surface area contributed by atoms with E-state index in [1.54, 1.807) is 0 Å². The topological polar surface area (TPSA) is 83.6 Å². The summed E-state index contributed by atoms with van der Waals surface area (Å²) in [7, 11) is 0. The predicted octanol–water partition coefficient (Wildman–Crippen LogP) is -0.0171. The van der Waals surface area contributed by atoms with Crippen LogP contribution in [0.2, 0.25) is 0 Å². The number of aromatic nitrogens is 2. The van der Waals surface area contributed by atoms with Crippen molar-refractivity contribution in [3.05, 3.63) is 4.91 Å². The normalized spacial score (nSPS) is 15.5. The standard InChI is InChI=1S/C4H5N5O2/c10-8-9-2-1-5-3-4(9)7-11-6-3/h1-2H2,(H,5,6). The molecule has 0 saturated heterocycles. The van der Waals surface area contributed by atoms with E-state index in [9.17, 15) is 4.91 Å². The first-order valence-corrected chi connectivity index (χ1v) is 3.09. The van der Waals surface area contributed by atoms with E-state index in [0.29, 0.717) is 24.7 Å². The molecule has 1 aliphatic rings. The molecule has 0 saturated carbocycles. The Labute approximate surface area is 61.3 Å². The Bertz CT molecular complexity index is 271. The molecule has 7 nitrogen and oxygen atoms in total. The van der Waals surface area contributed by atoms with E-state index < -0.39 is 0 Å². The van der Waals surface area contributed by atoms with E-state index in [1.807, 2.05) is 0 Å². The molecule has 0 amide bonds. The van der Waals surface area contributed by atoms with Crippen LogP contribution in [0.4, 0.5) is 11.6 Å². The summed E-state index contributed by atoms with van der Waals surface area (Å²) in [4.78, 5) is 10.2. The van der Waals surface area contributed by atoms with Crippen LogP contribution >= 0.6 is 0 Å². The first-order chi connectivity index (χ1) is 5.42. The van der Waals surface area contributed by atoms with Gasteiger partial charge in [0.25, 0.3) is 0 Å². The van der Waals surface area contributed by atoms with Crippen molar-refractivity contribution in [3.8, 4) is 0 Å². The molecular weight excluding hydrogens is 150 g/mol. The van der Waals surface area contributed by atoms with Crippen molar-refractivity contribution in [3.63, 3.8) is 0 Å². The van der Waals surface area contributed by atoms with E-state index in [-0.39, 0.29) is 0 Å². The highest BCUT2D eigenvalue weighted by atomic mass is 16.6. The molecule has 0 aliphatic carbocycles. The van der Waals surface area contributed by atoms with E-state index in [4.69, 9.17) is 0 Å². The lowest BCUT2D eigenvalue weighted by molar-refractivity contribution is 0.309. The SMILES string of the molecule is O=NN1CCNc2nonc21. The summed E-state index contributed by atoms with van der Waals surface area (Å²) in [5.41, 5.74) is 0. The second-order valence-electron chi connectivity index (χ2n) is 2.07. The molecular formula is C4H5N5O2. The molecule has 1 aromatic heterocycles. The lowest BCUT2D eigenvalue weighted by Gasteiger charge is -2.17. The largest absolute Gasteiger partial charge is 0.362 e. The molecule has 11 heavy (non-hydrogen) atoms. The van der Waals surface area contributed by atoms with E-state index in [0.717, 1.165) is 0 Å². The Morgan fingerprint density at radius 2 is 2.55 bits per heavy atom. The van der Waals surface area contributed by atoms with Crippen molar-refractivity contribution < 1.29 is 4.63 Å². The summed E-state index contributed by atoms with van der Waals surface area (Å²) in [6.07, 6.45) is 0. The van der Waals surface area contributed by atoms with Gasteiger partial charge in [0.15, 0.2) is 0 Å². The van der Waals surface area contributed by atoms with Crippen molar-refractivity contribution >= 4 is 11.6 Å². The van der Waals surface area contributed by atoms with Gasteiger partial charge in [-0.3, -0.25) is 0 Å². The molecule has 58 valence electrons. The van der Waals surface area contributed by atoms with Crippen molar-refractivity contribution in [1.29, 1.82) is 0 Å². The van der Waals surface area contributed by atoms with E-state index >= 15 is 0 Å². The van der Waals surface area contributed by atoms with Gasteiger partial charge in [-0.1, -0.05) is 0 Å². The second-order valence-corrected chi connectivity index (χ2v) is 2.07. The summed E-state index contributed by atoms with van der Waals surface area (Å²) in [6.45, 7) is 1.11. The number of nitrogens with one attached hydrogen (secondary N) is 1. The van der Waals surface area contributed by atoms with Crippen molar-refractivity contribution in [2.75, 3.05) is 23.4 Å². The summed E-state index contributed by atoms with van der Waals surface area (Å²) in [6, 6.07) is 0. The van der Waals surface area contributed by atoms with Crippen LogP contribution in [0.25, 0.3) is 0 Å². The van der Waals surface area contributed by atoms with Gasteiger partial charge in [0.2, 0.25) is 11.6 Å². The predicted molar refractivity (Wildman–Crippen MR) is 35.9 cm³/mol. The third kappa shape index (κ3) is 0.810. The zero-order chi connectivity index (χ0) is 7.68. The zero-order valence-corrected chi connectivity index (χ0v) is 5.52. The Balaban J connectivity index is 2.39. The fourth-order valence-electron chi connectivity index (χ4n) is 0.930. The molecule has 1 aliphatic heterocycles. The minimum absolute atomic E-state index is 0.353. The molecule has 2 rings (SSSR count). The molecule has 0 bridgehead atoms. The van der Waals surface area contributed by atoms with Gasteiger partial charge in [0.05, 0.1) is 11.8 Å². The molecule has 1 aromatic rings. The smallest absolute Gasteiger partial charge is 0.240 e. The van der Waals surface area contributed by atoms with Gasteiger partial charge in [0, 0.05) is 6.54 Å². The quantitative estimate of drug-likeness (QED) is 0.574. The van der Waals surface area contributed by atoms with Crippen LogP contribution in [0.15, 0.2) is 9.91 Å². The molecule has 0 atom stereocenters. The maximum Gasteiger partial charge on any atom is 0.240 e. The minimum Gasteiger partial charge on any atom is -0.362 e. The van der Waals surface area contributed by atoms with Crippen LogP contribution in [0.1, 0.15) is 0 Å². The van der Waals surface area contributed by atoms with Gasteiger partial charge in [-0.05, 0) is 10.3 Å². The lowest BCUT2D eigenvalue weighted by Crippen LogP contribution is -2.29. The van der Waals surface area contributed by atoms with Gasteiger partial charge >= 0.3 is 0 Å². The van der Waals surface area contributed by atoms with Crippen LogP contribution in [-0.2, 0) is 0 Å². The summed E-state index contributed by atoms with van der Waals surface area (Å²) >= 11 is 0. The summed E-state index contributed by atoms with van der Waals surface area (Å²) in [5.74, 6) is 0.821. The van der Waals surface area contributed by atoms with Crippen molar-refractivity contribution in [1.82, 2.24) is 10.3 Å². The van der Waals surface area contributed by atoms with Gasteiger partial charge in [-0.15, -0.1) is 4.91 Å². The molecule has 1 N–H and O–H groups in total. The number of fused-ring (bicyclic) bond motifs is 1. The zero-order valence-electron chi connectivity index (χ0n) is 5.52. The average Bonchev–Trinajstić information content (AvgIpc) is 2.50. The van der Waals surface area contributed by atoms with Crippen LogP contribution in [0.5, 0.6) is 0 Å². The third-order valence-corrected chi connectivity index (χ3v) is 1.43. The Hall–Kier alpha value is -1.66. The minimum atomic E-state index is 0.353. The highest BCUT2D eigenvalue weighted by molar-refractivity contribution is 5.61. The second kappa shape index (κ2) is 2.19. The first kappa shape index (κ1) is 6.08. The van der Waals surface area contributed by atoms with Crippen LogP contribution in [0.3, 0.4) is 0 Å². The Kier molecular flexibility index (Phi) is 1.21. The van der Waals surface area contributed by atoms with Crippen LogP contribution < -0.4 is 10.3 Å². The highest BCUT2D eigenvalue weighted by Crippen LogP contribution is 2.23. The monoisotopic (exact) mass is 155 g/mol. The van der Waals surface area contributed by atoms with Crippen LogP contribution in [-0.4, -0.2) is 23.4 Å². The van der Waals surface area contributed by atoms with Crippen molar-refractivity contribution in [2.24, 2.45) is 5.29 Å². The summed E-state index contributed by atoms with van der Waals surface area (Å²) < 4.78 is 4.40. The number of rotatable bonds is 1. The third-order valence-electron chi connectivity index (χ3n) is 1.43. The number of hydrogen-bond acceptors (Lipinski definition) is 6. The number of nitrogens with zero attached hydrogens (tertiary/aromatic N) is 4. The molecule has 2 heterocycles. The Morgan fingerprint density at radius 3 is 3.36 bits per heavy atom. The maximum absolute atomic E-state index is 10.2. The van der Waals surface area contributed by atoms with E-state index in [2.05, 4.69) is 25.5 Å². The average molecular weight is 155 g/mol. The lowest BCUT2D eigenvalue weighted by atomic mass is 10.4. The first-order valence-electron chi connectivity index (χ1n) is 3.09. The van der Waals surface area contributed by atoms with E-state index in [1.165, 1.54) is 5.01 Å².